The first-order chi connectivity index (χ1) is 9.47. The lowest BCUT2D eigenvalue weighted by molar-refractivity contribution is 0.566. The normalized spacial score (nSPS) is 12.4. The van der Waals surface area contributed by atoms with Crippen molar-refractivity contribution in [3.63, 3.8) is 0 Å². The molecular formula is C14H12Br2Cl2N2. The summed E-state index contributed by atoms with van der Waals surface area (Å²) in [7, 11) is 0. The largest absolute Gasteiger partial charge is 0.305 e. The molecule has 20 heavy (non-hydrogen) atoms. The van der Waals surface area contributed by atoms with Crippen LogP contribution < -0.4 is 5.32 Å². The third-order valence-electron chi connectivity index (χ3n) is 2.90. The van der Waals surface area contributed by atoms with Gasteiger partial charge in [-0.1, -0.05) is 29.3 Å². The highest BCUT2D eigenvalue weighted by Gasteiger charge is 2.09. The summed E-state index contributed by atoms with van der Waals surface area (Å²) < 4.78 is 1.92. The van der Waals surface area contributed by atoms with Crippen LogP contribution in [0.25, 0.3) is 0 Å². The number of rotatable bonds is 4. The first-order valence-electron chi connectivity index (χ1n) is 5.95. The first kappa shape index (κ1) is 16.2. The fourth-order valence-electron chi connectivity index (χ4n) is 1.72. The molecule has 0 spiro atoms. The molecule has 6 heteroatoms. The van der Waals surface area contributed by atoms with Crippen molar-refractivity contribution >= 4 is 55.1 Å². The van der Waals surface area contributed by atoms with Crippen LogP contribution in [0.1, 0.15) is 24.2 Å². The van der Waals surface area contributed by atoms with Crippen LogP contribution in [0.4, 0.5) is 0 Å². The molecule has 1 aromatic carbocycles. The van der Waals surface area contributed by atoms with Gasteiger partial charge in [0.05, 0.1) is 15.7 Å². The van der Waals surface area contributed by atoms with Crippen molar-refractivity contribution in [2.75, 3.05) is 0 Å². The van der Waals surface area contributed by atoms with E-state index < -0.39 is 0 Å². The van der Waals surface area contributed by atoms with E-state index in [0.29, 0.717) is 16.6 Å². The minimum Gasteiger partial charge on any atom is -0.305 e. The number of benzene rings is 1. The maximum Gasteiger partial charge on any atom is 0.0684 e. The number of hydrogen-bond donors (Lipinski definition) is 1. The van der Waals surface area contributed by atoms with Crippen LogP contribution in [0.15, 0.2) is 39.4 Å². The van der Waals surface area contributed by atoms with Crippen LogP contribution in [0, 0.1) is 0 Å². The zero-order chi connectivity index (χ0) is 14.7. The highest BCUT2D eigenvalue weighted by atomic mass is 79.9. The van der Waals surface area contributed by atoms with Crippen LogP contribution in [-0.2, 0) is 6.54 Å². The molecule has 0 amide bonds. The molecule has 2 rings (SSSR count). The number of hydrogen-bond acceptors (Lipinski definition) is 2. The lowest BCUT2D eigenvalue weighted by Crippen LogP contribution is -2.19. The molecule has 0 fully saturated rings. The summed E-state index contributed by atoms with van der Waals surface area (Å²) >= 11 is 18.8. The molecule has 0 radical (unpaired) electrons. The Labute approximate surface area is 145 Å². The van der Waals surface area contributed by atoms with Crippen molar-refractivity contribution < 1.29 is 0 Å². The van der Waals surface area contributed by atoms with E-state index in [-0.39, 0.29) is 6.04 Å². The molecule has 1 aromatic heterocycles. The smallest absolute Gasteiger partial charge is 0.0684 e. The average Bonchev–Trinajstić information content (AvgIpc) is 2.40. The van der Waals surface area contributed by atoms with E-state index in [9.17, 15) is 0 Å². The van der Waals surface area contributed by atoms with Crippen LogP contribution in [0.3, 0.4) is 0 Å². The second-order valence-corrected chi connectivity index (χ2v) is 6.94. The van der Waals surface area contributed by atoms with E-state index in [0.717, 1.165) is 20.2 Å². The summed E-state index contributed by atoms with van der Waals surface area (Å²) in [4.78, 5) is 4.37. The Morgan fingerprint density at radius 2 is 1.95 bits per heavy atom. The van der Waals surface area contributed by atoms with Gasteiger partial charge >= 0.3 is 0 Å². The standard InChI is InChI=1S/C14H12Br2Cl2N2/c1-8(9-2-3-12(17)13(18)4-9)19-7-14-11(16)5-10(15)6-20-14/h2-6,8,19H,7H2,1H3. The molecule has 1 heterocycles. The van der Waals surface area contributed by atoms with Crippen LogP contribution in [0.5, 0.6) is 0 Å². The van der Waals surface area contributed by atoms with Crippen molar-refractivity contribution in [2.24, 2.45) is 0 Å². The third kappa shape index (κ3) is 4.18. The molecule has 0 bridgehead atoms. The molecule has 1 N–H and O–H groups in total. The van der Waals surface area contributed by atoms with Gasteiger partial charge in [0, 0.05) is 27.7 Å². The molecule has 0 aliphatic rings. The van der Waals surface area contributed by atoms with E-state index in [2.05, 4.69) is 49.1 Å². The lowest BCUT2D eigenvalue weighted by atomic mass is 10.1. The quantitative estimate of drug-likeness (QED) is 0.656. The zero-order valence-corrected chi connectivity index (χ0v) is 15.3. The van der Waals surface area contributed by atoms with Crippen molar-refractivity contribution in [1.29, 1.82) is 0 Å². The predicted octanol–water partition coefficient (Wildman–Crippen LogP) is 5.76. The van der Waals surface area contributed by atoms with Crippen molar-refractivity contribution in [1.82, 2.24) is 10.3 Å². The van der Waals surface area contributed by atoms with E-state index in [1.165, 1.54) is 0 Å². The summed E-state index contributed by atoms with van der Waals surface area (Å²) in [5, 5.41) is 4.55. The molecule has 0 aliphatic heterocycles. The van der Waals surface area contributed by atoms with Crippen molar-refractivity contribution in [3.05, 3.63) is 60.7 Å². The Bertz CT molecular complexity index is 620. The lowest BCUT2D eigenvalue weighted by Gasteiger charge is -2.15. The topological polar surface area (TPSA) is 24.9 Å². The molecular weight excluding hydrogens is 427 g/mol. The molecule has 2 aromatic rings. The minimum absolute atomic E-state index is 0.155. The van der Waals surface area contributed by atoms with Gasteiger partial charge in [-0.05, 0) is 62.5 Å². The van der Waals surface area contributed by atoms with Gasteiger partial charge in [-0.2, -0.15) is 0 Å². The predicted molar refractivity (Wildman–Crippen MR) is 91.4 cm³/mol. The summed E-state index contributed by atoms with van der Waals surface area (Å²) in [6.45, 7) is 2.74. The van der Waals surface area contributed by atoms with Crippen molar-refractivity contribution in [3.8, 4) is 0 Å². The maximum atomic E-state index is 6.03. The number of aromatic nitrogens is 1. The van der Waals surface area contributed by atoms with Crippen LogP contribution >= 0.6 is 55.1 Å². The Morgan fingerprint density at radius 3 is 2.60 bits per heavy atom. The van der Waals surface area contributed by atoms with Gasteiger partial charge in [0.15, 0.2) is 0 Å². The molecule has 0 aliphatic carbocycles. The number of nitrogens with zero attached hydrogens (tertiary/aromatic N) is 1. The number of halogens is 4. The fourth-order valence-corrected chi connectivity index (χ4v) is 3.16. The maximum absolute atomic E-state index is 6.03. The Morgan fingerprint density at radius 1 is 1.20 bits per heavy atom. The van der Waals surface area contributed by atoms with Crippen molar-refractivity contribution in [2.45, 2.75) is 19.5 Å². The Balaban J connectivity index is 2.04. The fraction of sp³-hybridized carbons (Fsp3) is 0.214. The van der Waals surface area contributed by atoms with Gasteiger partial charge in [-0.3, -0.25) is 4.98 Å². The second kappa shape index (κ2) is 7.23. The molecule has 1 unspecified atom stereocenters. The number of pyridine rings is 1. The van der Waals surface area contributed by atoms with E-state index in [4.69, 9.17) is 23.2 Å². The average molecular weight is 439 g/mol. The van der Waals surface area contributed by atoms with Gasteiger partial charge in [-0.25, -0.2) is 0 Å². The summed E-state index contributed by atoms with van der Waals surface area (Å²) in [5.41, 5.74) is 2.05. The van der Waals surface area contributed by atoms with Crippen LogP contribution in [0.2, 0.25) is 10.0 Å². The summed E-state index contributed by atoms with van der Waals surface area (Å²) in [6.07, 6.45) is 1.78. The zero-order valence-electron chi connectivity index (χ0n) is 10.6. The molecule has 2 nitrogen and oxygen atoms in total. The van der Waals surface area contributed by atoms with Crippen LogP contribution in [-0.4, -0.2) is 4.98 Å². The molecule has 1 atom stereocenters. The van der Waals surface area contributed by atoms with Gasteiger partial charge in [0.2, 0.25) is 0 Å². The minimum atomic E-state index is 0.155. The molecule has 0 saturated heterocycles. The Kier molecular flexibility index (Phi) is 5.87. The van der Waals surface area contributed by atoms with Gasteiger partial charge < -0.3 is 5.32 Å². The van der Waals surface area contributed by atoms with E-state index in [1.54, 1.807) is 6.20 Å². The Hall–Kier alpha value is -0.130. The second-order valence-electron chi connectivity index (χ2n) is 4.36. The highest BCUT2D eigenvalue weighted by molar-refractivity contribution is 9.11. The first-order valence-corrected chi connectivity index (χ1v) is 8.30. The third-order valence-corrected chi connectivity index (χ3v) is 4.76. The highest BCUT2D eigenvalue weighted by Crippen LogP contribution is 2.26. The summed E-state index contributed by atoms with van der Waals surface area (Å²) in [5.74, 6) is 0. The van der Waals surface area contributed by atoms with Gasteiger partial charge in [-0.15, -0.1) is 0 Å². The van der Waals surface area contributed by atoms with Gasteiger partial charge in [0.25, 0.3) is 0 Å². The number of nitrogens with one attached hydrogen (secondary N) is 1. The monoisotopic (exact) mass is 436 g/mol. The van der Waals surface area contributed by atoms with E-state index in [1.807, 2.05) is 24.3 Å². The van der Waals surface area contributed by atoms with Gasteiger partial charge in [0.1, 0.15) is 0 Å². The molecule has 0 saturated carbocycles. The molecule has 106 valence electrons. The summed E-state index contributed by atoms with van der Waals surface area (Å²) in [6, 6.07) is 7.79. The SMILES string of the molecule is CC(NCc1ncc(Br)cc1Br)c1ccc(Cl)c(Cl)c1. The van der Waals surface area contributed by atoms with E-state index >= 15 is 0 Å².